The molecule has 1 amide bonds. The second-order valence-electron chi connectivity index (χ2n) is 11.7. The summed E-state index contributed by atoms with van der Waals surface area (Å²) in [6.45, 7) is 0.150. The van der Waals surface area contributed by atoms with Crippen LogP contribution in [0.1, 0.15) is 54.4 Å². The lowest BCUT2D eigenvalue weighted by atomic mass is 9.80. The van der Waals surface area contributed by atoms with Crippen LogP contribution in [0.3, 0.4) is 0 Å². The van der Waals surface area contributed by atoms with Crippen LogP contribution in [0.15, 0.2) is 42.5 Å². The summed E-state index contributed by atoms with van der Waals surface area (Å²) in [4.78, 5) is 15.6. The van der Waals surface area contributed by atoms with E-state index in [9.17, 15) is 19.6 Å². The molecule has 1 saturated carbocycles. The summed E-state index contributed by atoms with van der Waals surface area (Å²) in [5.74, 6) is -1.64. The number of nitrogens with two attached hydrogens (primary N) is 1. The van der Waals surface area contributed by atoms with E-state index in [2.05, 4.69) is 10.3 Å². The molecule has 0 radical (unpaired) electrons. The van der Waals surface area contributed by atoms with Crippen LogP contribution < -0.4 is 5.73 Å². The molecule has 3 heterocycles. The van der Waals surface area contributed by atoms with Gasteiger partial charge >= 0.3 is 0 Å². The number of fused-ring (bicyclic) bond motifs is 3. The van der Waals surface area contributed by atoms with Crippen molar-refractivity contribution in [1.82, 2.24) is 19.9 Å². The zero-order valence-corrected chi connectivity index (χ0v) is 23.3. The van der Waals surface area contributed by atoms with E-state index in [1.165, 1.54) is 22.9 Å². The highest BCUT2D eigenvalue weighted by Crippen LogP contribution is 2.42. The third-order valence-corrected chi connectivity index (χ3v) is 9.53. The van der Waals surface area contributed by atoms with Crippen LogP contribution in [0.4, 0.5) is 8.78 Å². The standard InChI is InChI=1S/C31H27ClF2N6O2/c32-27-28(34)22(13-25-29(27)39(38-37-25)15-31(42)8-1-9-31)20-6-4-17(30(41)40-19-5-7-26(40)24(36)12-19)10-21(20)16-2-3-18(14-35)23(33)11-16/h2-4,6,10-11,13,19,24,26,42H,1,5,7-9,12,15,36H2/t19-,24+,26+/m1/s1. The third kappa shape index (κ3) is 4.18. The molecule has 2 aliphatic heterocycles. The number of halogens is 3. The Kier molecular flexibility index (Phi) is 6.31. The monoisotopic (exact) mass is 588 g/mol. The van der Waals surface area contributed by atoms with Crippen molar-refractivity contribution in [2.24, 2.45) is 5.73 Å². The number of carbonyl (C=O) groups excluding carboxylic acids is 1. The van der Waals surface area contributed by atoms with E-state index in [4.69, 9.17) is 17.3 Å². The number of aromatic nitrogens is 3. The summed E-state index contributed by atoms with van der Waals surface area (Å²) in [7, 11) is 0. The Balaban J connectivity index is 1.36. The van der Waals surface area contributed by atoms with Gasteiger partial charge < -0.3 is 15.7 Å². The van der Waals surface area contributed by atoms with Gasteiger partial charge in [0.1, 0.15) is 27.9 Å². The molecule has 0 unspecified atom stereocenters. The molecule has 3 N–H and O–H groups in total. The number of aliphatic hydroxyl groups is 1. The first-order valence-electron chi connectivity index (χ1n) is 14.0. The fraction of sp³-hybridized carbons (Fsp3) is 0.355. The van der Waals surface area contributed by atoms with E-state index >= 15 is 4.39 Å². The van der Waals surface area contributed by atoms with Gasteiger partial charge in [-0.15, -0.1) is 5.10 Å². The number of amides is 1. The Labute approximate surface area is 245 Å². The Morgan fingerprint density at radius 1 is 1.14 bits per heavy atom. The van der Waals surface area contributed by atoms with E-state index in [-0.39, 0.29) is 52.2 Å². The number of carbonyl (C=O) groups is 1. The highest BCUT2D eigenvalue weighted by atomic mass is 35.5. The second-order valence-corrected chi connectivity index (χ2v) is 12.1. The lowest BCUT2D eigenvalue weighted by molar-refractivity contribution is -0.0492. The van der Waals surface area contributed by atoms with Crippen LogP contribution in [0.25, 0.3) is 33.3 Å². The summed E-state index contributed by atoms with van der Waals surface area (Å²) in [6.07, 6.45) is 4.64. The number of nitriles is 1. The molecule has 8 nitrogen and oxygen atoms in total. The smallest absolute Gasteiger partial charge is 0.254 e. The SMILES string of the molecule is N#Cc1ccc(-c2cc(C(=O)N3[C@@H]4CC[C@H]3[C@@H](N)C4)ccc2-c2cc3nnn(CC4(O)CCC4)c3c(Cl)c2F)cc1F. The van der Waals surface area contributed by atoms with Gasteiger partial charge in [0.25, 0.3) is 5.91 Å². The average molecular weight is 589 g/mol. The first kappa shape index (κ1) is 27.0. The van der Waals surface area contributed by atoms with Gasteiger partial charge in [0.05, 0.1) is 17.7 Å². The van der Waals surface area contributed by atoms with Gasteiger partial charge in [0.15, 0.2) is 5.82 Å². The van der Waals surface area contributed by atoms with Gasteiger partial charge in [-0.2, -0.15) is 5.26 Å². The highest BCUT2D eigenvalue weighted by molar-refractivity contribution is 6.35. The number of benzene rings is 3. The van der Waals surface area contributed by atoms with Crippen molar-refractivity contribution in [2.45, 2.75) is 68.8 Å². The zero-order valence-electron chi connectivity index (χ0n) is 22.5. The molecule has 42 heavy (non-hydrogen) atoms. The van der Waals surface area contributed by atoms with Crippen molar-refractivity contribution in [3.05, 3.63) is 70.2 Å². The summed E-state index contributed by atoms with van der Waals surface area (Å²) in [5.41, 5.74) is 7.42. The van der Waals surface area contributed by atoms with Crippen molar-refractivity contribution in [3.8, 4) is 28.3 Å². The molecule has 1 aromatic heterocycles. The van der Waals surface area contributed by atoms with E-state index in [1.54, 1.807) is 24.3 Å². The molecule has 2 bridgehead atoms. The quantitative estimate of drug-likeness (QED) is 0.331. The van der Waals surface area contributed by atoms with Crippen LogP contribution in [-0.4, -0.2) is 54.6 Å². The summed E-state index contributed by atoms with van der Waals surface area (Å²) >= 11 is 6.58. The largest absolute Gasteiger partial charge is 0.388 e. The van der Waals surface area contributed by atoms with Crippen molar-refractivity contribution in [3.63, 3.8) is 0 Å². The molecule has 3 aromatic carbocycles. The summed E-state index contributed by atoms with van der Waals surface area (Å²) < 4.78 is 32.3. The fourth-order valence-corrected chi connectivity index (χ4v) is 7.12. The van der Waals surface area contributed by atoms with E-state index in [0.29, 0.717) is 40.6 Å². The normalized spacial score (nSPS) is 22.4. The maximum Gasteiger partial charge on any atom is 0.254 e. The van der Waals surface area contributed by atoms with Gasteiger partial charge in [-0.3, -0.25) is 4.79 Å². The molecular formula is C31H27ClF2N6O2. The zero-order chi connectivity index (χ0) is 29.3. The average Bonchev–Trinajstić information content (AvgIpc) is 3.66. The molecule has 3 atom stereocenters. The third-order valence-electron chi connectivity index (χ3n) is 9.18. The van der Waals surface area contributed by atoms with Crippen molar-refractivity contribution >= 4 is 28.5 Å². The van der Waals surface area contributed by atoms with E-state index in [0.717, 1.165) is 25.7 Å². The molecule has 0 spiro atoms. The first-order chi connectivity index (χ1) is 20.2. The minimum Gasteiger partial charge on any atom is -0.388 e. The number of hydrogen-bond acceptors (Lipinski definition) is 6. The molecule has 7 rings (SSSR count). The molecular weight excluding hydrogens is 562 g/mol. The lowest BCUT2D eigenvalue weighted by Gasteiger charge is -2.36. The first-order valence-corrected chi connectivity index (χ1v) is 14.4. The number of rotatable bonds is 5. The molecule has 1 aliphatic carbocycles. The van der Waals surface area contributed by atoms with Crippen molar-refractivity contribution in [1.29, 1.82) is 5.26 Å². The molecule has 11 heteroatoms. The number of nitrogens with zero attached hydrogens (tertiary/aromatic N) is 5. The maximum absolute atomic E-state index is 16.1. The minimum absolute atomic E-state index is 0.0303. The maximum atomic E-state index is 16.1. The molecule has 3 fully saturated rings. The Bertz CT molecular complexity index is 1810. The summed E-state index contributed by atoms with van der Waals surface area (Å²) in [6, 6.07) is 12.3. The van der Waals surface area contributed by atoms with E-state index < -0.39 is 17.2 Å². The van der Waals surface area contributed by atoms with Crippen LogP contribution in [-0.2, 0) is 6.54 Å². The highest BCUT2D eigenvalue weighted by Gasteiger charge is 2.47. The van der Waals surface area contributed by atoms with Gasteiger partial charge in [-0.05, 0) is 85.5 Å². The Morgan fingerprint density at radius 2 is 1.95 bits per heavy atom. The Morgan fingerprint density at radius 3 is 2.60 bits per heavy atom. The molecule has 4 aromatic rings. The molecule has 2 saturated heterocycles. The van der Waals surface area contributed by atoms with E-state index in [1.807, 2.05) is 11.0 Å². The predicted octanol–water partition coefficient (Wildman–Crippen LogP) is 5.19. The van der Waals surface area contributed by atoms with Crippen LogP contribution in [0.2, 0.25) is 5.02 Å². The van der Waals surface area contributed by atoms with Gasteiger partial charge in [-0.25, -0.2) is 13.5 Å². The van der Waals surface area contributed by atoms with Gasteiger partial charge in [-0.1, -0.05) is 28.9 Å². The minimum atomic E-state index is -0.924. The second kappa shape index (κ2) is 9.83. The topological polar surface area (TPSA) is 121 Å². The summed E-state index contributed by atoms with van der Waals surface area (Å²) in [5, 5.41) is 28.0. The van der Waals surface area contributed by atoms with Crippen LogP contribution in [0.5, 0.6) is 0 Å². The molecule has 214 valence electrons. The fourth-order valence-electron chi connectivity index (χ4n) is 6.83. The predicted molar refractivity (Wildman–Crippen MR) is 152 cm³/mol. The van der Waals surface area contributed by atoms with Crippen LogP contribution in [0, 0.1) is 23.0 Å². The van der Waals surface area contributed by atoms with Crippen molar-refractivity contribution in [2.75, 3.05) is 0 Å². The van der Waals surface area contributed by atoms with Crippen molar-refractivity contribution < 1.29 is 18.7 Å². The van der Waals surface area contributed by atoms with Crippen LogP contribution >= 0.6 is 11.6 Å². The Hall–Kier alpha value is -3.91. The lowest BCUT2D eigenvalue weighted by Crippen LogP contribution is -2.41. The van der Waals surface area contributed by atoms with Gasteiger partial charge in [0.2, 0.25) is 0 Å². The molecule has 3 aliphatic rings. The van der Waals surface area contributed by atoms with Gasteiger partial charge in [0, 0.05) is 29.3 Å². The number of hydrogen-bond donors (Lipinski definition) is 2.